The number of anilines is 1. The normalized spacial score (nSPS) is 10.5. The van der Waals surface area contributed by atoms with E-state index in [1.807, 2.05) is 24.3 Å². The van der Waals surface area contributed by atoms with E-state index in [0.29, 0.717) is 0 Å². The number of thiazole rings is 1. The molecular formula is C15H19N3OS. The Hall–Kier alpha value is -1.72. The third kappa shape index (κ3) is 4.15. The smallest absolute Gasteiger partial charge is 0.221 e. The second-order valence-electron chi connectivity index (χ2n) is 4.49. The molecule has 0 aliphatic carbocycles. The number of hydrogen-bond donors (Lipinski definition) is 2. The lowest BCUT2D eigenvalue weighted by Gasteiger charge is -2.02. The molecule has 0 radical (unpaired) electrons. The Morgan fingerprint density at radius 3 is 2.70 bits per heavy atom. The third-order valence-electron chi connectivity index (χ3n) is 2.82. The molecule has 1 aromatic carbocycles. The minimum atomic E-state index is -0.0582. The summed E-state index contributed by atoms with van der Waals surface area (Å²) in [5.41, 5.74) is 2.88. The van der Waals surface area contributed by atoms with Gasteiger partial charge in [-0.3, -0.25) is 4.79 Å². The van der Waals surface area contributed by atoms with E-state index in [9.17, 15) is 4.79 Å². The highest BCUT2D eigenvalue weighted by molar-refractivity contribution is 7.09. The highest BCUT2D eigenvalue weighted by Crippen LogP contribution is 2.23. The minimum Gasteiger partial charge on any atom is -0.326 e. The number of hydrogen-bond acceptors (Lipinski definition) is 4. The first-order chi connectivity index (χ1) is 9.69. The van der Waals surface area contributed by atoms with Gasteiger partial charge in [0.25, 0.3) is 0 Å². The van der Waals surface area contributed by atoms with Crippen molar-refractivity contribution in [3.8, 4) is 11.3 Å². The molecule has 0 aliphatic rings. The van der Waals surface area contributed by atoms with E-state index < -0.39 is 0 Å². The van der Waals surface area contributed by atoms with Gasteiger partial charge in [0.2, 0.25) is 5.91 Å². The van der Waals surface area contributed by atoms with E-state index in [0.717, 1.165) is 41.5 Å². The summed E-state index contributed by atoms with van der Waals surface area (Å²) in [6, 6.07) is 7.76. The van der Waals surface area contributed by atoms with E-state index in [-0.39, 0.29) is 5.91 Å². The lowest BCUT2D eigenvalue weighted by atomic mass is 10.1. The summed E-state index contributed by atoms with van der Waals surface area (Å²) in [6.45, 7) is 5.56. The van der Waals surface area contributed by atoms with E-state index in [4.69, 9.17) is 0 Å². The van der Waals surface area contributed by atoms with Crippen LogP contribution in [0, 0.1) is 0 Å². The van der Waals surface area contributed by atoms with Crippen LogP contribution >= 0.6 is 11.3 Å². The quantitative estimate of drug-likeness (QED) is 0.804. The molecule has 2 N–H and O–H groups in total. The molecule has 2 rings (SSSR count). The summed E-state index contributed by atoms with van der Waals surface area (Å²) in [6.07, 6.45) is 0.961. The average Bonchev–Trinajstić information content (AvgIpc) is 2.88. The van der Waals surface area contributed by atoms with Crippen molar-refractivity contribution in [1.29, 1.82) is 0 Å². The summed E-state index contributed by atoms with van der Waals surface area (Å²) in [5.74, 6) is -0.0582. The maximum absolute atomic E-state index is 11.0. The van der Waals surface area contributed by atoms with Crippen LogP contribution in [0.3, 0.4) is 0 Å². The number of likely N-dealkylation sites (N-methyl/N-ethyl adjacent to an activating group) is 1. The third-order valence-corrected chi connectivity index (χ3v) is 3.73. The molecule has 0 spiro atoms. The molecule has 4 nitrogen and oxygen atoms in total. The van der Waals surface area contributed by atoms with Gasteiger partial charge in [0.05, 0.1) is 10.7 Å². The number of amides is 1. The molecule has 5 heteroatoms. The molecule has 0 aliphatic heterocycles. The lowest BCUT2D eigenvalue weighted by molar-refractivity contribution is -0.114. The molecule has 0 unspecified atom stereocenters. The second kappa shape index (κ2) is 7.17. The predicted octanol–water partition coefficient (Wildman–Crippen LogP) is 2.92. The van der Waals surface area contributed by atoms with Crippen molar-refractivity contribution < 1.29 is 4.79 Å². The molecule has 106 valence electrons. The fourth-order valence-corrected chi connectivity index (χ4v) is 2.67. The highest BCUT2D eigenvalue weighted by Gasteiger charge is 2.05. The molecule has 1 heterocycles. The summed E-state index contributed by atoms with van der Waals surface area (Å²) >= 11 is 1.69. The van der Waals surface area contributed by atoms with Crippen LogP contribution in [0.15, 0.2) is 29.6 Å². The topological polar surface area (TPSA) is 54.0 Å². The van der Waals surface area contributed by atoms with Gasteiger partial charge in [0, 0.05) is 36.5 Å². The van der Waals surface area contributed by atoms with Crippen LogP contribution in [0.25, 0.3) is 11.3 Å². The SMILES string of the molecule is CCNCCc1nc(-c2ccc(NC(C)=O)cc2)cs1. The van der Waals surface area contributed by atoms with Gasteiger partial charge in [-0.1, -0.05) is 19.1 Å². The molecule has 20 heavy (non-hydrogen) atoms. The van der Waals surface area contributed by atoms with Gasteiger partial charge < -0.3 is 10.6 Å². The summed E-state index contributed by atoms with van der Waals surface area (Å²) < 4.78 is 0. The number of nitrogens with zero attached hydrogens (tertiary/aromatic N) is 1. The summed E-state index contributed by atoms with van der Waals surface area (Å²) in [4.78, 5) is 15.6. The van der Waals surface area contributed by atoms with Gasteiger partial charge in [0.15, 0.2) is 0 Å². The lowest BCUT2D eigenvalue weighted by Crippen LogP contribution is -2.15. The molecule has 0 atom stereocenters. The first kappa shape index (κ1) is 14.7. The standard InChI is InChI=1S/C15H19N3OS/c1-3-16-9-8-15-18-14(10-20-15)12-4-6-13(7-5-12)17-11(2)19/h4-7,10,16H,3,8-9H2,1-2H3,(H,17,19). The van der Waals surface area contributed by atoms with Crippen LogP contribution in [0.4, 0.5) is 5.69 Å². The Morgan fingerprint density at radius 2 is 2.05 bits per heavy atom. The van der Waals surface area contributed by atoms with E-state index in [1.54, 1.807) is 11.3 Å². The maximum Gasteiger partial charge on any atom is 0.221 e. The van der Waals surface area contributed by atoms with E-state index >= 15 is 0 Å². The molecule has 0 saturated carbocycles. The Labute approximate surface area is 123 Å². The summed E-state index contributed by atoms with van der Waals surface area (Å²) in [7, 11) is 0. The van der Waals surface area contributed by atoms with Gasteiger partial charge in [-0.25, -0.2) is 4.98 Å². The summed E-state index contributed by atoms with van der Waals surface area (Å²) in [5, 5.41) is 9.28. The Bertz CT molecular complexity index is 563. The van der Waals surface area contributed by atoms with Crippen LogP contribution in [-0.2, 0) is 11.2 Å². The van der Waals surface area contributed by atoms with Crippen LogP contribution in [-0.4, -0.2) is 24.0 Å². The zero-order valence-corrected chi connectivity index (χ0v) is 12.6. The van der Waals surface area contributed by atoms with Crippen molar-refractivity contribution in [2.45, 2.75) is 20.3 Å². The van der Waals surface area contributed by atoms with Crippen LogP contribution in [0.1, 0.15) is 18.9 Å². The first-order valence-electron chi connectivity index (χ1n) is 6.72. The van der Waals surface area contributed by atoms with E-state index in [1.165, 1.54) is 6.92 Å². The Balaban J connectivity index is 2.02. The van der Waals surface area contributed by atoms with Gasteiger partial charge in [-0.05, 0) is 18.7 Å². The van der Waals surface area contributed by atoms with Crippen molar-refractivity contribution in [1.82, 2.24) is 10.3 Å². The molecule has 2 aromatic rings. The molecule has 0 fully saturated rings. The van der Waals surface area contributed by atoms with Crippen molar-refractivity contribution in [3.05, 3.63) is 34.7 Å². The minimum absolute atomic E-state index is 0.0582. The van der Waals surface area contributed by atoms with Crippen LogP contribution in [0.5, 0.6) is 0 Å². The first-order valence-corrected chi connectivity index (χ1v) is 7.60. The fourth-order valence-electron chi connectivity index (χ4n) is 1.86. The van der Waals surface area contributed by atoms with Crippen LogP contribution in [0.2, 0.25) is 0 Å². The van der Waals surface area contributed by atoms with Gasteiger partial charge in [-0.2, -0.15) is 0 Å². The van der Waals surface area contributed by atoms with Crippen molar-refractivity contribution in [3.63, 3.8) is 0 Å². The molecular weight excluding hydrogens is 270 g/mol. The number of carbonyl (C=O) groups excluding carboxylic acids is 1. The zero-order valence-electron chi connectivity index (χ0n) is 11.8. The Kier molecular flexibility index (Phi) is 5.26. The van der Waals surface area contributed by atoms with Crippen molar-refractivity contribution >= 4 is 22.9 Å². The van der Waals surface area contributed by atoms with Gasteiger partial charge in [0.1, 0.15) is 0 Å². The molecule has 1 aromatic heterocycles. The highest BCUT2D eigenvalue weighted by atomic mass is 32.1. The predicted molar refractivity (Wildman–Crippen MR) is 84.1 cm³/mol. The van der Waals surface area contributed by atoms with Crippen molar-refractivity contribution in [2.24, 2.45) is 0 Å². The van der Waals surface area contributed by atoms with Gasteiger partial charge in [-0.15, -0.1) is 11.3 Å². The molecule has 1 amide bonds. The van der Waals surface area contributed by atoms with E-state index in [2.05, 4.69) is 27.9 Å². The number of nitrogens with one attached hydrogen (secondary N) is 2. The second-order valence-corrected chi connectivity index (χ2v) is 5.43. The fraction of sp³-hybridized carbons (Fsp3) is 0.333. The monoisotopic (exact) mass is 289 g/mol. The van der Waals surface area contributed by atoms with Crippen LogP contribution < -0.4 is 10.6 Å². The molecule has 0 bridgehead atoms. The number of aromatic nitrogens is 1. The maximum atomic E-state index is 11.0. The number of rotatable bonds is 6. The number of carbonyl (C=O) groups is 1. The largest absolute Gasteiger partial charge is 0.326 e. The zero-order chi connectivity index (χ0) is 14.4. The number of benzene rings is 1. The Morgan fingerprint density at radius 1 is 1.30 bits per heavy atom. The molecule has 0 saturated heterocycles. The van der Waals surface area contributed by atoms with Gasteiger partial charge >= 0.3 is 0 Å². The average molecular weight is 289 g/mol. The van der Waals surface area contributed by atoms with Crippen molar-refractivity contribution in [2.75, 3.05) is 18.4 Å².